The fraction of sp³-hybridized carbons (Fsp3) is 0.667. The Morgan fingerprint density at radius 1 is 1.14 bits per heavy atom. The van der Waals surface area contributed by atoms with E-state index >= 15 is 0 Å². The van der Waals surface area contributed by atoms with Crippen LogP contribution in [0.15, 0.2) is 11.6 Å². The number of hydrogen-bond donors (Lipinski definition) is 2. The summed E-state index contributed by atoms with van der Waals surface area (Å²) in [5.41, 5.74) is 0.780. The van der Waals surface area contributed by atoms with Crippen molar-refractivity contribution in [3.8, 4) is 0 Å². The number of nitrogens with one attached hydrogen (secondary N) is 2. The first-order chi connectivity index (χ1) is 9.88. The van der Waals surface area contributed by atoms with E-state index in [9.17, 15) is 14.4 Å². The lowest BCUT2D eigenvalue weighted by atomic mass is 9.96. The van der Waals surface area contributed by atoms with Gasteiger partial charge in [0.2, 0.25) is 0 Å². The molecule has 0 unspecified atom stereocenters. The summed E-state index contributed by atoms with van der Waals surface area (Å²) in [5, 5.41) is 4.97. The summed E-state index contributed by atoms with van der Waals surface area (Å²) in [6.45, 7) is 4.94. The normalized spacial score (nSPS) is 16.5. The van der Waals surface area contributed by atoms with Crippen molar-refractivity contribution in [2.75, 3.05) is 0 Å². The van der Waals surface area contributed by atoms with Crippen LogP contribution in [0.5, 0.6) is 0 Å². The summed E-state index contributed by atoms with van der Waals surface area (Å²) in [4.78, 5) is 34.8. The standard InChI is InChI=1S/C15H24N2O4/c1-10(2)9-13(18)21-11(3)14(19)17-15(20)16-12-7-5-4-6-8-12/h9,11-12H,4-8H2,1-3H3,(H2,16,17,19,20)/t11-/m1/s1. The van der Waals surface area contributed by atoms with Gasteiger partial charge in [-0.1, -0.05) is 24.8 Å². The Hall–Kier alpha value is -1.85. The van der Waals surface area contributed by atoms with Gasteiger partial charge in [0, 0.05) is 12.1 Å². The Bertz CT molecular complexity index is 421. The number of urea groups is 1. The molecule has 21 heavy (non-hydrogen) atoms. The molecule has 1 rings (SSSR count). The van der Waals surface area contributed by atoms with Crippen LogP contribution in [0.25, 0.3) is 0 Å². The first-order valence-corrected chi connectivity index (χ1v) is 7.35. The Kier molecular flexibility index (Phi) is 6.91. The van der Waals surface area contributed by atoms with Crippen molar-refractivity contribution in [2.24, 2.45) is 0 Å². The Morgan fingerprint density at radius 2 is 1.76 bits per heavy atom. The molecule has 0 aliphatic heterocycles. The number of allylic oxidation sites excluding steroid dienone is 1. The smallest absolute Gasteiger partial charge is 0.331 e. The van der Waals surface area contributed by atoms with E-state index in [1.54, 1.807) is 13.8 Å². The van der Waals surface area contributed by atoms with Gasteiger partial charge in [-0.2, -0.15) is 0 Å². The number of carbonyl (C=O) groups is 3. The van der Waals surface area contributed by atoms with Crippen molar-refractivity contribution < 1.29 is 19.1 Å². The number of carbonyl (C=O) groups excluding carboxylic acids is 3. The van der Waals surface area contributed by atoms with Crippen LogP contribution >= 0.6 is 0 Å². The second-order valence-corrected chi connectivity index (χ2v) is 5.60. The highest BCUT2D eigenvalue weighted by molar-refractivity contribution is 5.97. The summed E-state index contributed by atoms with van der Waals surface area (Å²) in [6, 6.07) is -0.410. The fourth-order valence-corrected chi connectivity index (χ4v) is 2.18. The molecule has 1 saturated carbocycles. The van der Waals surface area contributed by atoms with Gasteiger partial charge >= 0.3 is 12.0 Å². The molecule has 1 aliphatic rings. The summed E-state index contributed by atoms with van der Waals surface area (Å²) in [6.07, 6.45) is 5.54. The molecule has 6 heteroatoms. The van der Waals surface area contributed by atoms with Crippen molar-refractivity contribution in [2.45, 2.75) is 65.0 Å². The van der Waals surface area contributed by atoms with Crippen LogP contribution in [0.2, 0.25) is 0 Å². The van der Waals surface area contributed by atoms with Gasteiger partial charge in [0.25, 0.3) is 5.91 Å². The van der Waals surface area contributed by atoms with E-state index in [0.29, 0.717) is 0 Å². The molecule has 0 saturated heterocycles. The zero-order valence-corrected chi connectivity index (χ0v) is 12.9. The molecular weight excluding hydrogens is 272 g/mol. The minimum Gasteiger partial charge on any atom is -0.449 e. The average molecular weight is 296 g/mol. The highest BCUT2D eigenvalue weighted by atomic mass is 16.5. The molecule has 0 aromatic carbocycles. The van der Waals surface area contributed by atoms with Gasteiger partial charge in [0.1, 0.15) is 0 Å². The zero-order chi connectivity index (χ0) is 15.8. The summed E-state index contributed by atoms with van der Waals surface area (Å²) in [5.74, 6) is -1.22. The van der Waals surface area contributed by atoms with Crippen LogP contribution in [0.3, 0.4) is 0 Å². The summed E-state index contributed by atoms with van der Waals surface area (Å²) >= 11 is 0. The Morgan fingerprint density at radius 3 is 2.33 bits per heavy atom. The van der Waals surface area contributed by atoms with E-state index in [-0.39, 0.29) is 6.04 Å². The molecule has 0 aromatic heterocycles. The van der Waals surface area contributed by atoms with Crippen molar-refractivity contribution >= 4 is 17.9 Å². The van der Waals surface area contributed by atoms with Crippen molar-refractivity contribution in [3.63, 3.8) is 0 Å². The van der Waals surface area contributed by atoms with Crippen LogP contribution in [0.1, 0.15) is 52.9 Å². The fourth-order valence-electron chi connectivity index (χ4n) is 2.18. The summed E-state index contributed by atoms with van der Waals surface area (Å²) < 4.78 is 4.91. The maximum absolute atomic E-state index is 11.7. The number of rotatable bonds is 4. The van der Waals surface area contributed by atoms with Gasteiger partial charge in [-0.25, -0.2) is 9.59 Å². The van der Waals surface area contributed by atoms with E-state index in [1.807, 2.05) is 0 Å². The van der Waals surface area contributed by atoms with E-state index in [2.05, 4.69) is 10.6 Å². The monoisotopic (exact) mass is 296 g/mol. The van der Waals surface area contributed by atoms with Crippen LogP contribution in [0.4, 0.5) is 4.79 Å². The highest BCUT2D eigenvalue weighted by Gasteiger charge is 2.21. The van der Waals surface area contributed by atoms with E-state index in [4.69, 9.17) is 4.74 Å². The van der Waals surface area contributed by atoms with Gasteiger partial charge in [-0.05, 0) is 33.6 Å². The molecule has 0 spiro atoms. The molecule has 0 aromatic rings. The Balaban J connectivity index is 2.35. The molecule has 0 heterocycles. The number of esters is 1. The lowest BCUT2D eigenvalue weighted by molar-refractivity contribution is -0.149. The minimum absolute atomic E-state index is 0.120. The van der Waals surface area contributed by atoms with E-state index < -0.39 is 24.0 Å². The van der Waals surface area contributed by atoms with Crippen molar-refractivity contribution in [1.29, 1.82) is 0 Å². The number of hydrogen-bond acceptors (Lipinski definition) is 4. The Labute approximate surface area is 125 Å². The first-order valence-electron chi connectivity index (χ1n) is 7.35. The third kappa shape index (κ3) is 6.92. The molecule has 3 amide bonds. The van der Waals surface area contributed by atoms with E-state index in [1.165, 1.54) is 19.4 Å². The second kappa shape index (κ2) is 8.44. The van der Waals surface area contributed by atoms with Crippen LogP contribution in [0, 0.1) is 0 Å². The van der Waals surface area contributed by atoms with Gasteiger partial charge in [-0.15, -0.1) is 0 Å². The van der Waals surface area contributed by atoms with Crippen molar-refractivity contribution in [1.82, 2.24) is 10.6 Å². The van der Waals surface area contributed by atoms with Crippen LogP contribution in [-0.4, -0.2) is 30.1 Å². The molecule has 118 valence electrons. The SMILES string of the molecule is CC(C)=CC(=O)O[C@H](C)C(=O)NC(=O)NC1CCCCC1. The number of ether oxygens (including phenoxy) is 1. The molecule has 6 nitrogen and oxygen atoms in total. The van der Waals surface area contributed by atoms with Gasteiger partial charge in [0.15, 0.2) is 6.10 Å². The van der Waals surface area contributed by atoms with Crippen LogP contribution < -0.4 is 10.6 Å². The molecule has 2 N–H and O–H groups in total. The maximum atomic E-state index is 11.7. The lowest BCUT2D eigenvalue weighted by Crippen LogP contribution is -2.48. The molecule has 1 aliphatic carbocycles. The topological polar surface area (TPSA) is 84.5 Å². The van der Waals surface area contributed by atoms with Crippen molar-refractivity contribution in [3.05, 3.63) is 11.6 Å². The average Bonchev–Trinajstić information content (AvgIpc) is 2.38. The number of imide groups is 1. The molecule has 1 atom stereocenters. The van der Waals surface area contributed by atoms with Gasteiger partial charge < -0.3 is 10.1 Å². The molecule has 0 radical (unpaired) electrons. The summed E-state index contributed by atoms with van der Waals surface area (Å²) in [7, 11) is 0. The molecule has 0 bridgehead atoms. The third-order valence-corrected chi connectivity index (χ3v) is 3.25. The predicted octanol–water partition coefficient (Wildman–Crippen LogP) is 2.04. The third-order valence-electron chi connectivity index (χ3n) is 3.25. The lowest BCUT2D eigenvalue weighted by Gasteiger charge is -2.23. The quantitative estimate of drug-likeness (QED) is 0.614. The zero-order valence-electron chi connectivity index (χ0n) is 12.9. The van der Waals surface area contributed by atoms with E-state index in [0.717, 1.165) is 31.3 Å². The predicted molar refractivity (Wildman–Crippen MR) is 78.5 cm³/mol. The largest absolute Gasteiger partial charge is 0.449 e. The molecular formula is C15H24N2O4. The van der Waals surface area contributed by atoms with Gasteiger partial charge in [-0.3, -0.25) is 10.1 Å². The van der Waals surface area contributed by atoms with Gasteiger partial charge in [0.05, 0.1) is 0 Å². The maximum Gasteiger partial charge on any atom is 0.331 e. The van der Waals surface area contributed by atoms with Crippen LogP contribution in [-0.2, 0) is 14.3 Å². The second-order valence-electron chi connectivity index (χ2n) is 5.60. The number of amides is 3. The highest BCUT2D eigenvalue weighted by Crippen LogP contribution is 2.17. The minimum atomic E-state index is -1.01. The molecule has 1 fully saturated rings. The first kappa shape index (κ1) is 17.2.